The number of nitrogens with one attached hydrogen (secondary N) is 1. The smallest absolute Gasteiger partial charge is 0.325 e. The quantitative estimate of drug-likeness (QED) is 0.443. The van der Waals surface area contributed by atoms with Gasteiger partial charge < -0.3 is 15.1 Å². The Bertz CT molecular complexity index is 857. The summed E-state index contributed by atoms with van der Waals surface area (Å²) in [4.78, 5) is 52.8. The second-order valence-corrected chi connectivity index (χ2v) is 8.07. The van der Waals surface area contributed by atoms with E-state index in [1.54, 1.807) is 17.0 Å². The van der Waals surface area contributed by atoms with Crippen LogP contribution < -0.4 is 10.2 Å². The van der Waals surface area contributed by atoms with Crippen LogP contribution in [0.25, 0.3) is 0 Å². The average molecular weight is 415 g/mol. The molecule has 2 saturated heterocycles. The van der Waals surface area contributed by atoms with Crippen LogP contribution >= 0.6 is 0 Å². The fourth-order valence-corrected chi connectivity index (χ4v) is 4.56. The number of nitro benzene ring substituents is 1. The van der Waals surface area contributed by atoms with Crippen molar-refractivity contribution in [2.45, 2.75) is 37.6 Å². The molecule has 3 aliphatic rings. The van der Waals surface area contributed by atoms with Crippen LogP contribution in [0.4, 0.5) is 16.2 Å². The lowest BCUT2D eigenvalue weighted by atomic mass is 9.98. The molecule has 1 aromatic rings. The van der Waals surface area contributed by atoms with Gasteiger partial charge in [-0.1, -0.05) is 12.8 Å². The highest BCUT2D eigenvalue weighted by Crippen LogP contribution is 2.35. The molecule has 0 aromatic heterocycles. The van der Waals surface area contributed by atoms with E-state index >= 15 is 0 Å². The zero-order chi connectivity index (χ0) is 21.3. The van der Waals surface area contributed by atoms with E-state index in [-0.39, 0.29) is 30.5 Å². The third-order valence-corrected chi connectivity index (χ3v) is 6.31. The Kier molecular flexibility index (Phi) is 5.31. The van der Waals surface area contributed by atoms with Crippen LogP contribution in [0.15, 0.2) is 24.3 Å². The second-order valence-electron chi connectivity index (χ2n) is 8.07. The first kappa shape index (κ1) is 20.1. The molecule has 160 valence electrons. The van der Waals surface area contributed by atoms with E-state index in [2.05, 4.69) is 10.2 Å². The Morgan fingerprint density at radius 2 is 1.70 bits per heavy atom. The van der Waals surface area contributed by atoms with Crippen LogP contribution in [0.2, 0.25) is 0 Å². The van der Waals surface area contributed by atoms with Gasteiger partial charge in [0, 0.05) is 57.0 Å². The summed E-state index contributed by atoms with van der Waals surface area (Å²) in [5.74, 6) is -0.271. The van der Waals surface area contributed by atoms with Crippen LogP contribution in [0.3, 0.4) is 0 Å². The number of anilines is 1. The van der Waals surface area contributed by atoms with Gasteiger partial charge in [0.2, 0.25) is 5.91 Å². The summed E-state index contributed by atoms with van der Waals surface area (Å²) in [6.07, 6.45) is 3.32. The number of hydrogen-bond acceptors (Lipinski definition) is 6. The molecule has 4 rings (SSSR count). The Morgan fingerprint density at radius 3 is 2.30 bits per heavy atom. The Morgan fingerprint density at radius 1 is 1.07 bits per heavy atom. The first-order chi connectivity index (χ1) is 14.4. The zero-order valence-corrected chi connectivity index (χ0v) is 16.7. The molecule has 0 bridgehead atoms. The topological polar surface area (TPSA) is 116 Å². The maximum absolute atomic E-state index is 12.7. The number of benzene rings is 1. The number of hydrogen-bond donors (Lipinski definition) is 1. The predicted octanol–water partition coefficient (Wildman–Crippen LogP) is 1.50. The number of nitro groups is 1. The Hall–Kier alpha value is -3.17. The van der Waals surface area contributed by atoms with Crippen molar-refractivity contribution in [1.29, 1.82) is 0 Å². The molecule has 3 fully saturated rings. The van der Waals surface area contributed by atoms with Gasteiger partial charge in [0.25, 0.3) is 11.6 Å². The van der Waals surface area contributed by atoms with E-state index in [4.69, 9.17) is 0 Å². The molecule has 2 aliphatic heterocycles. The number of carbonyl (C=O) groups is 3. The van der Waals surface area contributed by atoms with Crippen LogP contribution in [-0.4, -0.2) is 70.8 Å². The van der Waals surface area contributed by atoms with Gasteiger partial charge in [-0.15, -0.1) is 0 Å². The molecule has 10 heteroatoms. The largest absolute Gasteiger partial charge is 0.368 e. The lowest BCUT2D eigenvalue weighted by molar-refractivity contribution is -0.384. The van der Waals surface area contributed by atoms with E-state index in [9.17, 15) is 24.5 Å². The molecule has 1 aliphatic carbocycles. The average Bonchev–Trinajstić information content (AvgIpc) is 3.31. The Labute approximate surface area is 173 Å². The Balaban J connectivity index is 1.27. The summed E-state index contributed by atoms with van der Waals surface area (Å²) >= 11 is 0. The fourth-order valence-electron chi connectivity index (χ4n) is 4.56. The third kappa shape index (κ3) is 3.69. The van der Waals surface area contributed by atoms with Crippen molar-refractivity contribution >= 4 is 29.2 Å². The minimum Gasteiger partial charge on any atom is -0.368 e. The van der Waals surface area contributed by atoms with Crippen LogP contribution in [0.1, 0.15) is 32.1 Å². The van der Waals surface area contributed by atoms with E-state index in [1.807, 2.05) is 0 Å². The highest BCUT2D eigenvalue weighted by molar-refractivity contribution is 6.07. The molecule has 1 aromatic carbocycles. The first-order valence-electron chi connectivity index (χ1n) is 10.3. The number of piperazine rings is 1. The molecule has 0 radical (unpaired) electrons. The molecular formula is C20H25N5O5. The van der Waals surface area contributed by atoms with Gasteiger partial charge >= 0.3 is 6.03 Å². The number of carbonyl (C=O) groups excluding carboxylic acids is 3. The number of urea groups is 1. The van der Waals surface area contributed by atoms with Crippen molar-refractivity contribution < 1.29 is 19.3 Å². The molecule has 1 N–H and O–H groups in total. The van der Waals surface area contributed by atoms with Crippen molar-refractivity contribution in [2.24, 2.45) is 0 Å². The van der Waals surface area contributed by atoms with Crippen molar-refractivity contribution in [3.05, 3.63) is 34.4 Å². The van der Waals surface area contributed by atoms with E-state index in [0.717, 1.165) is 18.5 Å². The van der Waals surface area contributed by atoms with Crippen molar-refractivity contribution in [3.63, 3.8) is 0 Å². The summed E-state index contributed by atoms with van der Waals surface area (Å²) in [5.41, 5.74) is 0.192. The van der Waals surface area contributed by atoms with E-state index in [0.29, 0.717) is 39.0 Å². The minimum absolute atomic E-state index is 0.0486. The summed E-state index contributed by atoms with van der Waals surface area (Å²) in [7, 11) is 0. The number of nitrogens with zero attached hydrogens (tertiary/aromatic N) is 4. The van der Waals surface area contributed by atoms with Gasteiger partial charge in [-0.3, -0.25) is 24.6 Å². The normalized spacial score (nSPS) is 20.7. The zero-order valence-electron chi connectivity index (χ0n) is 16.7. The molecule has 0 unspecified atom stereocenters. The summed E-state index contributed by atoms with van der Waals surface area (Å²) in [6, 6.07) is 5.99. The monoisotopic (exact) mass is 415 g/mol. The lowest BCUT2D eigenvalue weighted by Gasteiger charge is -2.36. The number of imide groups is 1. The van der Waals surface area contributed by atoms with Gasteiger partial charge in [0.05, 0.1) is 4.92 Å². The van der Waals surface area contributed by atoms with Gasteiger partial charge in [0.1, 0.15) is 5.54 Å². The van der Waals surface area contributed by atoms with E-state index < -0.39 is 16.5 Å². The van der Waals surface area contributed by atoms with Gasteiger partial charge in [-0.25, -0.2) is 4.79 Å². The SMILES string of the molecule is O=C(CCN1C(=O)NC2(CCCC2)C1=O)N1CCN(c2ccc([N+](=O)[O-])cc2)CC1. The van der Waals surface area contributed by atoms with Crippen LogP contribution in [0.5, 0.6) is 0 Å². The number of rotatable bonds is 5. The third-order valence-electron chi connectivity index (χ3n) is 6.31. The van der Waals surface area contributed by atoms with Crippen LogP contribution in [-0.2, 0) is 9.59 Å². The fraction of sp³-hybridized carbons (Fsp3) is 0.550. The highest BCUT2D eigenvalue weighted by atomic mass is 16.6. The number of non-ortho nitro benzene ring substituents is 1. The second kappa shape index (κ2) is 7.92. The standard InChI is InChI=1S/C20H25N5O5/c26-17(7-10-24-18(27)20(21-19(24)28)8-1-2-9-20)23-13-11-22(12-14-23)15-3-5-16(6-4-15)25(29)30/h3-6H,1-2,7-14H2,(H,21,28). The van der Waals surface area contributed by atoms with Gasteiger partial charge in [-0.2, -0.15) is 0 Å². The molecule has 30 heavy (non-hydrogen) atoms. The van der Waals surface area contributed by atoms with E-state index in [1.165, 1.54) is 17.0 Å². The summed E-state index contributed by atoms with van der Waals surface area (Å²) < 4.78 is 0. The molecule has 0 atom stereocenters. The van der Waals surface area contributed by atoms with Crippen molar-refractivity contribution in [1.82, 2.24) is 15.1 Å². The van der Waals surface area contributed by atoms with Crippen molar-refractivity contribution in [3.8, 4) is 0 Å². The molecule has 4 amide bonds. The predicted molar refractivity (Wildman–Crippen MR) is 108 cm³/mol. The first-order valence-corrected chi connectivity index (χ1v) is 10.3. The maximum atomic E-state index is 12.7. The maximum Gasteiger partial charge on any atom is 0.325 e. The molecule has 2 heterocycles. The highest BCUT2D eigenvalue weighted by Gasteiger charge is 2.52. The summed E-state index contributed by atoms with van der Waals surface area (Å²) in [5, 5.41) is 13.6. The molecule has 1 saturated carbocycles. The minimum atomic E-state index is -0.740. The molecular weight excluding hydrogens is 390 g/mol. The molecule has 1 spiro atoms. The van der Waals surface area contributed by atoms with Crippen LogP contribution in [0, 0.1) is 10.1 Å². The lowest BCUT2D eigenvalue weighted by Crippen LogP contribution is -2.49. The van der Waals surface area contributed by atoms with Gasteiger partial charge in [-0.05, 0) is 25.0 Å². The van der Waals surface area contributed by atoms with Crippen molar-refractivity contribution in [2.75, 3.05) is 37.6 Å². The molecule has 10 nitrogen and oxygen atoms in total. The van der Waals surface area contributed by atoms with Gasteiger partial charge in [0.15, 0.2) is 0 Å². The number of amides is 4. The summed E-state index contributed by atoms with van der Waals surface area (Å²) in [6.45, 7) is 2.40.